The van der Waals surface area contributed by atoms with E-state index >= 15 is 0 Å². The van der Waals surface area contributed by atoms with E-state index in [-0.39, 0.29) is 11.8 Å². The Hall–Kier alpha value is -3.14. The summed E-state index contributed by atoms with van der Waals surface area (Å²) in [7, 11) is 0. The fourth-order valence-corrected chi connectivity index (χ4v) is 3.26. The van der Waals surface area contributed by atoms with Crippen LogP contribution >= 0.6 is 0 Å². The number of nitrogens with zero attached hydrogens (tertiary/aromatic N) is 2. The molecule has 4 rings (SSSR count). The van der Waals surface area contributed by atoms with E-state index in [2.05, 4.69) is 4.98 Å². The highest BCUT2D eigenvalue weighted by Gasteiger charge is 2.30. The average molecular weight is 344 g/mol. The van der Waals surface area contributed by atoms with Gasteiger partial charge in [-0.1, -0.05) is 54.6 Å². The van der Waals surface area contributed by atoms with Crippen LogP contribution in [0.1, 0.15) is 11.1 Å². The number of ether oxygens (including phenoxy) is 1. The molecule has 4 heteroatoms. The second-order valence-electron chi connectivity index (χ2n) is 6.42. The zero-order chi connectivity index (χ0) is 17.8. The maximum atomic E-state index is 13.3. The minimum atomic E-state index is -0.212. The van der Waals surface area contributed by atoms with Gasteiger partial charge in [0.2, 0.25) is 5.91 Å². The Kier molecular flexibility index (Phi) is 4.65. The molecule has 0 N–H and O–H groups in total. The number of pyridine rings is 1. The Morgan fingerprint density at radius 3 is 2.58 bits per heavy atom. The third-order valence-corrected chi connectivity index (χ3v) is 4.60. The number of para-hydroxylation sites is 1. The third kappa shape index (κ3) is 3.45. The number of fused-ring (bicyclic) bond motifs is 1. The van der Waals surface area contributed by atoms with Crippen LogP contribution in [0.15, 0.2) is 79.0 Å². The minimum absolute atomic E-state index is 0.0436. The van der Waals surface area contributed by atoms with Gasteiger partial charge in [-0.05, 0) is 35.7 Å². The van der Waals surface area contributed by atoms with Crippen LogP contribution in [-0.4, -0.2) is 17.5 Å². The molecular weight excluding hydrogens is 324 g/mol. The molecule has 3 aromatic rings. The van der Waals surface area contributed by atoms with Gasteiger partial charge < -0.3 is 4.74 Å². The number of hydrogen-bond acceptors (Lipinski definition) is 3. The monoisotopic (exact) mass is 344 g/mol. The average Bonchev–Trinajstić information content (AvgIpc) is 2.72. The molecule has 0 unspecified atom stereocenters. The van der Waals surface area contributed by atoms with E-state index in [1.807, 2.05) is 72.8 Å². The first-order valence-electron chi connectivity index (χ1n) is 8.78. The zero-order valence-electron chi connectivity index (χ0n) is 14.4. The van der Waals surface area contributed by atoms with Gasteiger partial charge in [0.1, 0.15) is 18.2 Å². The van der Waals surface area contributed by atoms with Gasteiger partial charge in [-0.25, -0.2) is 4.98 Å². The second-order valence-corrected chi connectivity index (χ2v) is 6.42. The summed E-state index contributed by atoms with van der Waals surface area (Å²) in [4.78, 5) is 19.5. The molecule has 4 nitrogen and oxygen atoms in total. The lowest BCUT2D eigenvalue weighted by Gasteiger charge is -2.30. The summed E-state index contributed by atoms with van der Waals surface area (Å²) in [6.45, 7) is 0.892. The molecule has 26 heavy (non-hydrogen) atoms. The lowest BCUT2D eigenvalue weighted by atomic mass is 9.95. The van der Waals surface area contributed by atoms with Crippen molar-refractivity contribution < 1.29 is 9.53 Å². The van der Waals surface area contributed by atoms with Gasteiger partial charge in [-0.2, -0.15) is 0 Å². The summed E-state index contributed by atoms with van der Waals surface area (Å²) in [5.74, 6) is 1.38. The topological polar surface area (TPSA) is 42.4 Å². The van der Waals surface area contributed by atoms with Crippen molar-refractivity contribution >= 4 is 11.7 Å². The van der Waals surface area contributed by atoms with Crippen molar-refractivity contribution in [1.82, 2.24) is 4.98 Å². The standard InChI is InChI=1S/C22H20N2O2/c25-22(19-14-18-10-4-5-11-20(18)26-16-19)24(21-12-6-7-13-23-21)15-17-8-2-1-3-9-17/h1-13,19H,14-16H2/t19-/m0/s1. The Morgan fingerprint density at radius 2 is 1.77 bits per heavy atom. The summed E-state index contributed by atoms with van der Waals surface area (Å²) in [5.41, 5.74) is 2.15. The van der Waals surface area contributed by atoms with Crippen molar-refractivity contribution in [3.8, 4) is 5.75 Å². The highest BCUT2D eigenvalue weighted by atomic mass is 16.5. The van der Waals surface area contributed by atoms with Gasteiger partial charge in [-0.3, -0.25) is 9.69 Å². The van der Waals surface area contributed by atoms with Crippen LogP contribution in [0.25, 0.3) is 0 Å². The summed E-state index contributed by atoms with van der Waals surface area (Å²) < 4.78 is 5.83. The molecule has 130 valence electrons. The first kappa shape index (κ1) is 16.3. The number of aromatic nitrogens is 1. The predicted molar refractivity (Wildman–Crippen MR) is 101 cm³/mol. The normalized spacial score (nSPS) is 15.6. The summed E-state index contributed by atoms with van der Waals surface area (Å²) >= 11 is 0. The van der Waals surface area contributed by atoms with E-state index in [9.17, 15) is 4.79 Å². The van der Waals surface area contributed by atoms with Crippen LogP contribution in [0, 0.1) is 5.92 Å². The van der Waals surface area contributed by atoms with Gasteiger partial charge in [0.05, 0.1) is 12.5 Å². The Balaban J connectivity index is 1.60. The maximum Gasteiger partial charge on any atom is 0.235 e. The number of carbonyl (C=O) groups is 1. The molecule has 1 aliphatic heterocycles. The van der Waals surface area contributed by atoms with Crippen molar-refractivity contribution in [3.05, 3.63) is 90.1 Å². The van der Waals surface area contributed by atoms with E-state index in [4.69, 9.17) is 4.74 Å². The number of carbonyl (C=O) groups excluding carboxylic acids is 1. The molecule has 1 atom stereocenters. The predicted octanol–water partition coefficient (Wildman–Crippen LogP) is 3.87. The number of rotatable bonds is 4. The SMILES string of the molecule is O=C([C@@H]1COc2ccccc2C1)N(Cc1ccccc1)c1ccccn1. The Morgan fingerprint density at radius 1 is 1.00 bits per heavy atom. The summed E-state index contributed by atoms with van der Waals surface area (Å²) in [6.07, 6.45) is 2.40. The fraction of sp³-hybridized carbons (Fsp3) is 0.182. The Bertz CT molecular complexity index is 881. The fourth-order valence-electron chi connectivity index (χ4n) is 3.26. The van der Waals surface area contributed by atoms with Crippen molar-refractivity contribution in [1.29, 1.82) is 0 Å². The van der Waals surface area contributed by atoms with E-state index in [0.717, 1.165) is 16.9 Å². The minimum Gasteiger partial charge on any atom is -0.492 e. The maximum absolute atomic E-state index is 13.3. The van der Waals surface area contributed by atoms with Crippen LogP contribution in [0.4, 0.5) is 5.82 Å². The first-order chi connectivity index (χ1) is 12.8. The van der Waals surface area contributed by atoms with Crippen molar-refractivity contribution in [2.75, 3.05) is 11.5 Å². The summed E-state index contributed by atoms with van der Waals surface area (Å²) in [5, 5.41) is 0. The molecule has 0 bridgehead atoms. The van der Waals surface area contributed by atoms with E-state index in [0.29, 0.717) is 25.4 Å². The molecule has 1 aromatic heterocycles. The molecule has 0 saturated heterocycles. The van der Waals surface area contributed by atoms with Gasteiger partial charge in [0, 0.05) is 6.20 Å². The lowest BCUT2D eigenvalue weighted by Crippen LogP contribution is -2.41. The Labute approximate surface area is 153 Å². The summed E-state index contributed by atoms with van der Waals surface area (Å²) in [6, 6.07) is 23.5. The second kappa shape index (κ2) is 7.40. The van der Waals surface area contributed by atoms with Crippen LogP contribution in [-0.2, 0) is 17.8 Å². The third-order valence-electron chi connectivity index (χ3n) is 4.60. The number of anilines is 1. The molecule has 1 aliphatic rings. The van der Waals surface area contributed by atoms with E-state index < -0.39 is 0 Å². The first-order valence-corrected chi connectivity index (χ1v) is 8.78. The highest BCUT2D eigenvalue weighted by molar-refractivity contribution is 5.94. The van der Waals surface area contributed by atoms with E-state index in [1.165, 1.54) is 0 Å². The molecule has 0 aliphatic carbocycles. The molecule has 0 fully saturated rings. The lowest BCUT2D eigenvalue weighted by molar-refractivity contribution is -0.123. The van der Waals surface area contributed by atoms with Gasteiger partial charge >= 0.3 is 0 Å². The van der Waals surface area contributed by atoms with Crippen LogP contribution < -0.4 is 9.64 Å². The zero-order valence-corrected chi connectivity index (χ0v) is 14.4. The molecule has 2 aromatic carbocycles. The molecule has 1 amide bonds. The van der Waals surface area contributed by atoms with Crippen molar-refractivity contribution in [2.45, 2.75) is 13.0 Å². The smallest absolute Gasteiger partial charge is 0.235 e. The van der Waals surface area contributed by atoms with Crippen LogP contribution in [0.5, 0.6) is 5.75 Å². The van der Waals surface area contributed by atoms with Gasteiger partial charge in [0.15, 0.2) is 0 Å². The molecule has 0 saturated carbocycles. The van der Waals surface area contributed by atoms with Crippen molar-refractivity contribution in [3.63, 3.8) is 0 Å². The van der Waals surface area contributed by atoms with Gasteiger partial charge in [0.25, 0.3) is 0 Å². The number of benzene rings is 2. The van der Waals surface area contributed by atoms with Gasteiger partial charge in [-0.15, -0.1) is 0 Å². The highest BCUT2D eigenvalue weighted by Crippen LogP contribution is 2.29. The number of hydrogen-bond donors (Lipinski definition) is 0. The largest absolute Gasteiger partial charge is 0.492 e. The molecule has 0 spiro atoms. The van der Waals surface area contributed by atoms with E-state index in [1.54, 1.807) is 11.1 Å². The quantitative estimate of drug-likeness (QED) is 0.722. The van der Waals surface area contributed by atoms with Crippen LogP contribution in [0.2, 0.25) is 0 Å². The number of amides is 1. The van der Waals surface area contributed by atoms with Crippen LogP contribution in [0.3, 0.4) is 0 Å². The molecular formula is C22H20N2O2. The van der Waals surface area contributed by atoms with Crippen molar-refractivity contribution in [2.24, 2.45) is 5.92 Å². The molecule has 2 heterocycles. The molecule has 0 radical (unpaired) electrons.